The number of rotatable bonds is 2. The van der Waals surface area contributed by atoms with E-state index in [9.17, 15) is 4.79 Å². The summed E-state index contributed by atoms with van der Waals surface area (Å²) in [5.74, 6) is 0.484. The highest BCUT2D eigenvalue weighted by Crippen LogP contribution is 2.29. The summed E-state index contributed by atoms with van der Waals surface area (Å²) in [5, 5.41) is 9.79. The maximum atomic E-state index is 11.8. The Labute approximate surface area is 117 Å². The van der Waals surface area contributed by atoms with Crippen LogP contribution in [-0.2, 0) is 4.79 Å². The lowest BCUT2D eigenvalue weighted by molar-refractivity contribution is -0.117. The van der Waals surface area contributed by atoms with Crippen molar-refractivity contribution in [2.24, 2.45) is 5.92 Å². The van der Waals surface area contributed by atoms with E-state index in [4.69, 9.17) is 5.26 Å². The van der Waals surface area contributed by atoms with E-state index in [1.807, 2.05) is 12.1 Å². The third kappa shape index (κ3) is 2.53. The summed E-state index contributed by atoms with van der Waals surface area (Å²) in [4.78, 5) is 13.6. The van der Waals surface area contributed by atoms with Crippen molar-refractivity contribution in [2.45, 2.75) is 6.42 Å². The third-order valence-electron chi connectivity index (χ3n) is 2.81. The van der Waals surface area contributed by atoms with Crippen molar-refractivity contribution in [2.75, 3.05) is 16.8 Å². The molecule has 1 aromatic rings. The minimum atomic E-state index is 0.126. The van der Waals surface area contributed by atoms with Crippen molar-refractivity contribution in [3.05, 3.63) is 28.2 Å². The van der Waals surface area contributed by atoms with Gasteiger partial charge in [-0.05, 0) is 40.0 Å². The van der Waals surface area contributed by atoms with Gasteiger partial charge in [-0.1, -0.05) is 15.9 Å². The van der Waals surface area contributed by atoms with Crippen LogP contribution in [0.1, 0.15) is 12.0 Å². The molecule has 88 valence electrons. The number of hydrogen-bond acceptors (Lipinski definition) is 2. The van der Waals surface area contributed by atoms with Crippen LogP contribution in [0.25, 0.3) is 0 Å². The molecular formula is C12H10Br2N2O. The van der Waals surface area contributed by atoms with E-state index in [1.54, 1.807) is 11.0 Å². The molecule has 0 N–H and O–H groups in total. The lowest BCUT2D eigenvalue weighted by Gasteiger charge is -2.16. The number of hydrogen-bond donors (Lipinski definition) is 0. The molecule has 5 heteroatoms. The van der Waals surface area contributed by atoms with E-state index in [1.165, 1.54) is 0 Å². The third-order valence-corrected chi connectivity index (χ3v) is 4.41. The van der Waals surface area contributed by atoms with Gasteiger partial charge in [-0.15, -0.1) is 0 Å². The van der Waals surface area contributed by atoms with E-state index in [2.05, 4.69) is 37.9 Å². The van der Waals surface area contributed by atoms with Crippen LogP contribution in [0.4, 0.5) is 5.69 Å². The van der Waals surface area contributed by atoms with Gasteiger partial charge >= 0.3 is 0 Å². The highest BCUT2D eigenvalue weighted by atomic mass is 79.9. The highest BCUT2D eigenvalue weighted by molar-refractivity contribution is 9.10. The molecule has 1 saturated heterocycles. The van der Waals surface area contributed by atoms with Crippen molar-refractivity contribution < 1.29 is 4.79 Å². The van der Waals surface area contributed by atoms with Crippen LogP contribution in [-0.4, -0.2) is 17.8 Å². The first-order chi connectivity index (χ1) is 8.15. The zero-order valence-corrected chi connectivity index (χ0v) is 12.2. The summed E-state index contributed by atoms with van der Waals surface area (Å²) in [5.41, 5.74) is 1.36. The molecule has 1 aromatic carbocycles. The molecule has 1 amide bonds. The first kappa shape index (κ1) is 12.6. The second-order valence-electron chi connectivity index (χ2n) is 4.00. The SMILES string of the molecule is N#Cc1cc(N2CC(CBr)CC2=O)ccc1Br. The van der Waals surface area contributed by atoms with Crippen molar-refractivity contribution in [3.8, 4) is 6.07 Å². The number of alkyl halides is 1. The molecule has 2 rings (SSSR count). The minimum absolute atomic E-state index is 0.126. The van der Waals surface area contributed by atoms with E-state index < -0.39 is 0 Å². The molecule has 0 aliphatic carbocycles. The second-order valence-corrected chi connectivity index (χ2v) is 5.51. The number of halogens is 2. The van der Waals surface area contributed by atoms with Crippen LogP contribution in [0.15, 0.2) is 22.7 Å². The normalized spacial score (nSPS) is 19.5. The van der Waals surface area contributed by atoms with Gasteiger partial charge in [0.15, 0.2) is 0 Å². The Hall–Kier alpha value is -0.860. The average Bonchev–Trinajstić information content (AvgIpc) is 2.71. The van der Waals surface area contributed by atoms with Crippen LogP contribution in [0, 0.1) is 17.2 Å². The quantitative estimate of drug-likeness (QED) is 0.763. The van der Waals surface area contributed by atoms with Crippen molar-refractivity contribution in [1.29, 1.82) is 5.26 Å². The number of amides is 1. The van der Waals surface area contributed by atoms with E-state index >= 15 is 0 Å². The van der Waals surface area contributed by atoms with Gasteiger partial charge in [-0.3, -0.25) is 4.79 Å². The van der Waals surface area contributed by atoms with Crippen LogP contribution in [0.5, 0.6) is 0 Å². The maximum Gasteiger partial charge on any atom is 0.227 e. The molecular weight excluding hydrogens is 348 g/mol. The maximum absolute atomic E-state index is 11.8. The molecule has 1 fully saturated rings. The molecule has 0 aromatic heterocycles. The smallest absolute Gasteiger partial charge is 0.227 e. The fourth-order valence-electron chi connectivity index (χ4n) is 1.90. The lowest BCUT2D eigenvalue weighted by Crippen LogP contribution is -2.24. The second kappa shape index (κ2) is 5.19. The molecule has 1 aliphatic heterocycles. The zero-order chi connectivity index (χ0) is 12.4. The van der Waals surface area contributed by atoms with Gasteiger partial charge in [0.05, 0.1) is 5.56 Å². The Morgan fingerprint density at radius 3 is 2.88 bits per heavy atom. The fraction of sp³-hybridized carbons (Fsp3) is 0.333. The summed E-state index contributed by atoms with van der Waals surface area (Å²) < 4.78 is 0.757. The molecule has 0 saturated carbocycles. The number of carbonyl (C=O) groups is 1. The largest absolute Gasteiger partial charge is 0.312 e. The summed E-state index contributed by atoms with van der Waals surface area (Å²) >= 11 is 6.71. The summed E-state index contributed by atoms with van der Waals surface area (Å²) in [6.45, 7) is 0.719. The first-order valence-electron chi connectivity index (χ1n) is 5.21. The number of benzene rings is 1. The van der Waals surface area contributed by atoms with Crippen LogP contribution < -0.4 is 4.90 Å². The van der Waals surface area contributed by atoms with E-state index in [0.717, 1.165) is 22.0 Å². The Balaban J connectivity index is 2.30. The summed E-state index contributed by atoms with van der Waals surface area (Å²) in [6, 6.07) is 7.52. The van der Waals surface area contributed by atoms with E-state index in [0.29, 0.717) is 17.9 Å². The Morgan fingerprint density at radius 1 is 1.53 bits per heavy atom. The molecule has 3 nitrogen and oxygen atoms in total. The van der Waals surface area contributed by atoms with Crippen molar-refractivity contribution in [1.82, 2.24) is 0 Å². The molecule has 17 heavy (non-hydrogen) atoms. The minimum Gasteiger partial charge on any atom is -0.312 e. The van der Waals surface area contributed by atoms with Crippen LogP contribution in [0.2, 0.25) is 0 Å². The van der Waals surface area contributed by atoms with Gasteiger partial charge in [0.1, 0.15) is 6.07 Å². The number of nitrogens with zero attached hydrogens (tertiary/aromatic N) is 2. The van der Waals surface area contributed by atoms with E-state index in [-0.39, 0.29) is 5.91 Å². The first-order valence-corrected chi connectivity index (χ1v) is 7.13. The van der Waals surface area contributed by atoms with Gasteiger partial charge in [0.25, 0.3) is 0 Å². The zero-order valence-electron chi connectivity index (χ0n) is 8.99. The molecule has 1 unspecified atom stereocenters. The van der Waals surface area contributed by atoms with Gasteiger partial charge in [0, 0.05) is 28.5 Å². The Morgan fingerprint density at radius 2 is 2.29 bits per heavy atom. The molecule has 1 aliphatic rings. The van der Waals surface area contributed by atoms with Crippen LogP contribution in [0.3, 0.4) is 0 Å². The van der Waals surface area contributed by atoms with Gasteiger partial charge in [0.2, 0.25) is 5.91 Å². The number of nitriles is 1. The molecule has 1 heterocycles. The predicted molar refractivity (Wildman–Crippen MR) is 73.1 cm³/mol. The molecule has 0 spiro atoms. The van der Waals surface area contributed by atoms with Gasteiger partial charge in [-0.2, -0.15) is 5.26 Å². The topological polar surface area (TPSA) is 44.1 Å². The average molecular weight is 358 g/mol. The van der Waals surface area contributed by atoms with Gasteiger partial charge in [-0.25, -0.2) is 0 Å². The monoisotopic (exact) mass is 356 g/mol. The molecule has 0 radical (unpaired) electrons. The molecule has 1 atom stereocenters. The lowest BCUT2D eigenvalue weighted by atomic mass is 10.1. The Bertz CT molecular complexity index is 496. The standard InChI is InChI=1S/C12H10Br2N2O/c13-5-8-3-12(17)16(7-8)10-1-2-11(14)9(4-10)6-15/h1-2,4,8H,3,5,7H2. The number of anilines is 1. The number of carbonyl (C=O) groups excluding carboxylic acids is 1. The van der Waals surface area contributed by atoms with Gasteiger partial charge < -0.3 is 4.90 Å². The van der Waals surface area contributed by atoms with Crippen molar-refractivity contribution >= 4 is 43.5 Å². The Kier molecular flexibility index (Phi) is 3.85. The fourth-order valence-corrected chi connectivity index (χ4v) is 2.67. The highest BCUT2D eigenvalue weighted by Gasteiger charge is 2.29. The summed E-state index contributed by atoms with van der Waals surface area (Å²) in [7, 11) is 0. The van der Waals surface area contributed by atoms with Crippen LogP contribution >= 0.6 is 31.9 Å². The predicted octanol–water partition coefficient (Wildman–Crippen LogP) is 3.07. The molecule has 0 bridgehead atoms. The van der Waals surface area contributed by atoms with Crippen molar-refractivity contribution in [3.63, 3.8) is 0 Å². The summed E-state index contributed by atoms with van der Waals surface area (Å²) in [6.07, 6.45) is 0.573.